The van der Waals surface area contributed by atoms with Gasteiger partial charge in [0.15, 0.2) is 11.0 Å². The number of rotatable bonds is 9. The summed E-state index contributed by atoms with van der Waals surface area (Å²) in [5.74, 6) is 3.21. The van der Waals surface area contributed by atoms with Crippen LogP contribution in [0.3, 0.4) is 0 Å². The van der Waals surface area contributed by atoms with Gasteiger partial charge in [-0.15, -0.1) is 10.2 Å². The zero-order valence-electron chi connectivity index (χ0n) is 16.6. The third-order valence-electron chi connectivity index (χ3n) is 4.61. The van der Waals surface area contributed by atoms with Crippen molar-refractivity contribution in [3.63, 3.8) is 0 Å². The van der Waals surface area contributed by atoms with E-state index in [1.54, 1.807) is 0 Å². The number of hydrogen-bond donors (Lipinski definition) is 1. The zero-order valence-corrected chi connectivity index (χ0v) is 17.4. The number of carbonyl (C=O) groups excluding carboxylic acids is 1. The van der Waals surface area contributed by atoms with Gasteiger partial charge in [0.2, 0.25) is 11.8 Å². The average molecular weight is 413 g/mol. The maximum atomic E-state index is 11.4. The molecule has 2 aromatic heterocycles. The van der Waals surface area contributed by atoms with Crippen LogP contribution in [0.25, 0.3) is 5.69 Å². The van der Waals surface area contributed by atoms with E-state index in [0.717, 1.165) is 54.5 Å². The maximum absolute atomic E-state index is 11.4. The fraction of sp³-hybridized carbons (Fsp3) is 0.450. The molecule has 0 atom stereocenters. The SMILES string of the molecule is CCCCc1nc(CSc2nnc(C3CC3)n2-c2cccc(NC(C)=O)c2)no1. The lowest BCUT2D eigenvalue weighted by atomic mass is 10.2. The van der Waals surface area contributed by atoms with Gasteiger partial charge >= 0.3 is 0 Å². The van der Waals surface area contributed by atoms with Crippen LogP contribution in [0.5, 0.6) is 0 Å². The molecular formula is C20H24N6O2S. The predicted molar refractivity (Wildman–Crippen MR) is 110 cm³/mol. The number of aromatic nitrogens is 5. The average Bonchev–Trinajstić information content (AvgIpc) is 3.30. The van der Waals surface area contributed by atoms with Crippen molar-refractivity contribution in [2.75, 3.05) is 5.32 Å². The van der Waals surface area contributed by atoms with Crippen molar-refractivity contribution in [1.82, 2.24) is 24.9 Å². The second kappa shape index (κ2) is 8.77. The van der Waals surface area contributed by atoms with Crippen LogP contribution >= 0.6 is 11.8 Å². The third kappa shape index (κ3) is 4.84. The Kier molecular flexibility index (Phi) is 5.94. The molecular weight excluding hydrogens is 388 g/mol. The van der Waals surface area contributed by atoms with Gasteiger partial charge in [0.05, 0.1) is 11.4 Å². The Bertz CT molecular complexity index is 995. The molecule has 8 nitrogen and oxygen atoms in total. The van der Waals surface area contributed by atoms with Crippen LogP contribution in [-0.4, -0.2) is 30.8 Å². The van der Waals surface area contributed by atoms with Gasteiger partial charge < -0.3 is 9.84 Å². The van der Waals surface area contributed by atoms with Gasteiger partial charge in [-0.05, 0) is 37.5 Å². The fourth-order valence-electron chi connectivity index (χ4n) is 3.06. The second-order valence-electron chi connectivity index (χ2n) is 7.18. The maximum Gasteiger partial charge on any atom is 0.226 e. The molecule has 0 radical (unpaired) electrons. The van der Waals surface area contributed by atoms with Crippen LogP contribution in [0.2, 0.25) is 0 Å². The standard InChI is InChI=1S/C20H24N6O2S/c1-3-4-8-18-22-17(25-28-18)12-29-20-24-23-19(14-9-10-14)26(20)16-7-5-6-15(11-16)21-13(2)27/h5-7,11,14H,3-4,8-10,12H2,1-2H3,(H,21,27). The van der Waals surface area contributed by atoms with Gasteiger partial charge in [-0.2, -0.15) is 4.98 Å². The number of nitrogens with zero attached hydrogens (tertiary/aromatic N) is 5. The number of nitrogens with one attached hydrogen (secondary N) is 1. The first-order chi connectivity index (χ1) is 14.1. The van der Waals surface area contributed by atoms with E-state index < -0.39 is 0 Å². The van der Waals surface area contributed by atoms with Gasteiger partial charge in [-0.1, -0.05) is 36.3 Å². The van der Waals surface area contributed by atoms with Crippen molar-refractivity contribution in [2.45, 2.75) is 62.8 Å². The Morgan fingerprint density at radius 3 is 2.97 bits per heavy atom. The minimum absolute atomic E-state index is 0.0982. The number of hydrogen-bond acceptors (Lipinski definition) is 7. The molecule has 2 heterocycles. The molecule has 0 saturated heterocycles. The van der Waals surface area contributed by atoms with E-state index in [1.165, 1.54) is 18.7 Å². The van der Waals surface area contributed by atoms with Gasteiger partial charge in [0.25, 0.3) is 0 Å². The Hall–Kier alpha value is -2.68. The summed E-state index contributed by atoms with van der Waals surface area (Å²) < 4.78 is 7.39. The predicted octanol–water partition coefficient (Wildman–Crippen LogP) is 4.12. The number of aryl methyl sites for hydroxylation is 1. The van der Waals surface area contributed by atoms with E-state index in [1.807, 2.05) is 24.3 Å². The summed E-state index contributed by atoms with van der Waals surface area (Å²) in [6, 6.07) is 7.74. The highest BCUT2D eigenvalue weighted by Crippen LogP contribution is 2.41. The molecule has 1 amide bonds. The van der Waals surface area contributed by atoms with Crippen LogP contribution in [0.15, 0.2) is 33.9 Å². The number of carbonyl (C=O) groups is 1. The van der Waals surface area contributed by atoms with E-state index in [9.17, 15) is 4.79 Å². The highest BCUT2D eigenvalue weighted by molar-refractivity contribution is 7.98. The molecule has 29 heavy (non-hydrogen) atoms. The Morgan fingerprint density at radius 2 is 2.21 bits per heavy atom. The number of anilines is 1. The van der Waals surface area contributed by atoms with Crippen LogP contribution in [0, 0.1) is 0 Å². The quantitative estimate of drug-likeness (QED) is 0.528. The van der Waals surface area contributed by atoms with Crippen molar-refractivity contribution in [1.29, 1.82) is 0 Å². The molecule has 4 rings (SSSR count). The zero-order chi connectivity index (χ0) is 20.2. The molecule has 9 heteroatoms. The number of amides is 1. The second-order valence-corrected chi connectivity index (χ2v) is 8.12. The first-order valence-corrected chi connectivity index (χ1v) is 10.9. The minimum Gasteiger partial charge on any atom is -0.339 e. The van der Waals surface area contributed by atoms with Crippen LogP contribution < -0.4 is 5.32 Å². The molecule has 3 aromatic rings. The normalized spacial score (nSPS) is 13.6. The fourth-order valence-corrected chi connectivity index (χ4v) is 3.86. The first-order valence-electron chi connectivity index (χ1n) is 9.91. The first kappa shape index (κ1) is 19.6. The molecule has 1 saturated carbocycles. The molecule has 1 aromatic carbocycles. The minimum atomic E-state index is -0.0982. The van der Waals surface area contributed by atoms with Crippen molar-refractivity contribution in [2.24, 2.45) is 0 Å². The molecule has 1 aliphatic carbocycles. The largest absolute Gasteiger partial charge is 0.339 e. The molecule has 1 N–H and O–H groups in total. The van der Waals surface area contributed by atoms with Gasteiger partial charge in [-0.3, -0.25) is 9.36 Å². The highest BCUT2D eigenvalue weighted by atomic mass is 32.2. The van der Waals surface area contributed by atoms with Crippen molar-refractivity contribution >= 4 is 23.4 Å². The number of unbranched alkanes of at least 4 members (excludes halogenated alkanes) is 1. The van der Waals surface area contributed by atoms with E-state index >= 15 is 0 Å². The van der Waals surface area contributed by atoms with E-state index in [4.69, 9.17) is 4.52 Å². The Labute approximate surface area is 173 Å². The smallest absolute Gasteiger partial charge is 0.226 e. The van der Waals surface area contributed by atoms with E-state index in [0.29, 0.717) is 23.4 Å². The van der Waals surface area contributed by atoms with Crippen LogP contribution in [0.4, 0.5) is 5.69 Å². The molecule has 0 aliphatic heterocycles. The van der Waals surface area contributed by atoms with Gasteiger partial charge in [-0.25, -0.2) is 0 Å². The van der Waals surface area contributed by atoms with Crippen LogP contribution in [-0.2, 0) is 17.0 Å². The third-order valence-corrected chi connectivity index (χ3v) is 5.54. The van der Waals surface area contributed by atoms with E-state index in [2.05, 4.69) is 37.1 Å². The summed E-state index contributed by atoms with van der Waals surface area (Å²) in [6.07, 6.45) is 5.20. The van der Waals surface area contributed by atoms with Crippen molar-refractivity contribution in [3.05, 3.63) is 41.8 Å². The molecule has 1 aliphatic rings. The van der Waals surface area contributed by atoms with Crippen LogP contribution in [0.1, 0.15) is 63.0 Å². The number of thioether (sulfide) groups is 1. The highest BCUT2D eigenvalue weighted by Gasteiger charge is 2.31. The van der Waals surface area contributed by atoms with Crippen molar-refractivity contribution < 1.29 is 9.32 Å². The molecule has 0 unspecified atom stereocenters. The summed E-state index contributed by atoms with van der Waals surface area (Å²) in [5.41, 5.74) is 1.68. The van der Waals surface area contributed by atoms with E-state index in [-0.39, 0.29) is 5.91 Å². The Morgan fingerprint density at radius 1 is 1.34 bits per heavy atom. The summed E-state index contributed by atoms with van der Waals surface area (Å²) in [6.45, 7) is 3.64. The van der Waals surface area contributed by atoms with Crippen molar-refractivity contribution in [3.8, 4) is 5.69 Å². The number of benzene rings is 1. The lowest BCUT2D eigenvalue weighted by molar-refractivity contribution is -0.114. The summed E-state index contributed by atoms with van der Waals surface area (Å²) in [7, 11) is 0. The lowest BCUT2D eigenvalue weighted by Crippen LogP contribution is -2.07. The molecule has 0 bridgehead atoms. The molecule has 0 spiro atoms. The monoisotopic (exact) mass is 412 g/mol. The summed E-state index contributed by atoms with van der Waals surface area (Å²) >= 11 is 1.53. The lowest BCUT2D eigenvalue weighted by Gasteiger charge is -2.11. The van der Waals surface area contributed by atoms with Gasteiger partial charge in [0.1, 0.15) is 5.82 Å². The summed E-state index contributed by atoms with van der Waals surface area (Å²) in [5, 5.41) is 16.6. The Balaban J connectivity index is 1.55. The van der Waals surface area contributed by atoms with Gasteiger partial charge in [0, 0.05) is 24.9 Å². The molecule has 1 fully saturated rings. The molecule has 152 valence electrons. The topological polar surface area (TPSA) is 98.7 Å². The summed E-state index contributed by atoms with van der Waals surface area (Å²) in [4.78, 5) is 15.9.